The van der Waals surface area contributed by atoms with Gasteiger partial charge in [0.1, 0.15) is 6.61 Å². The van der Waals surface area contributed by atoms with Crippen LogP contribution in [0.2, 0.25) is 0 Å². The number of nitrogens with zero attached hydrogens (tertiary/aromatic N) is 1. The van der Waals surface area contributed by atoms with Gasteiger partial charge in [-0.15, -0.1) is 0 Å². The molecule has 0 saturated heterocycles. The third-order valence-electron chi connectivity index (χ3n) is 1.12. The van der Waals surface area contributed by atoms with Gasteiger partial charge in [-0.05, 0) is 21.0 Å². The maximum atomic E-state index is 10.8. The predicted molar refractivity (Wildman–Crippen MR) is 50.1 cm³/mol. The van der Waals surface area contributed by atoms with Crippen LogP contribution in [0.5, 0.6) is 0 Å². The van der Waals surface area contributed by atoms with E-state index in [1.165, 1.54) is 0 Å². The van der Waals surface area contributed by atoms with Crippen LogP contribution in [0.3, 0.4) is 0 Å². The minimum atomic E-state index is -0.313. The fourth-order valence-corrected chi connectivity index (χ4v) is 0.444. The number of carbonyl (C=O) groups is 1. The highest BCUT2D eigenvalue weighted by Gasteiger charge is 2.01. The molecular weight excluding hydrogens is 170 g/mol. The largest absolute Gasteiger partial charge is 0.461 e. The number of carbonyl (C=O) groups excluding carboxylic acids is 1. The molecule has 0 N–H and O–H groups in total. The first-order chi connectivity index (χ1) is 5.04. The maximum Gasteiger partial charge on any atom is 0.333 e. The second-order valence-electron chi connectivity index (χ2n) is 2.72. The lowest BCUT2D eigenvalue weighted by atomic mass is 10.4. The zero-order chi connectivity index (χ0) is 8.85. The third-order valence-corrected chi connectivity index (χ3v) is 1.12. The normalized spacial score (nSPS) is 9.00. The van der Waals surface area contributed by atoms with E-state index in [9.17, 15) is 4.79 Å². The van der Waals surface area contributed by atoms with Gasteiger partial charge in [-0.1, -0.05) is 6.58 Å². The summed E-state index contributed by atoms with van der Waals surface area (Å²) >= 11 is 0. The molecule has 0 fully saturated rings. The van der Waals surface area contributed by atoms with Crippen LogP contribution in [0.15, 0.2) is 12.2 Å². The molecule has 0 aliphatic carbocycles. The maximum absolute atomic E-state index is 10.8. The topological polar surface area (TPSA) is 29.5 Å². The minimum Gasteiger partial charge on any atom is -0.461 e. The van der Waals surface area contributed by atoms with Crippen molar-refractivity contribution in [2.45, 2.75) is 6.92 Å². The smallest absolute Gasteiger partial charge is 0.333 e. The Morgan fingerprint density at radius 1 is 1.50 bits per heavy atom. The van der Waals surface area contributed by atoms with Gasteiger partial charge in [0.25, 0.3) is 0 Å². The fraction of sp³-hybridized carbons (Fsp3) is 0.625. The second-order valence-corrected chi connectivity index (χ2v) is 2.72. The summed E-state index contributed by atoms with van der Waals surface area (Å²) in [6, 6.07) is 0. The zero-order valence-electron chi connectivity index (χ0n) is 7.89. The van der Waals surface area contributed by atoms with E-state index in [2.05, 4.69) is 6.58 Å². The predicted octanol–water partition coefficient (Wildman–Crippen LogP) is 0.286. The van der Waals surface area contributed by atoms with Crippen LogP contribution in [0.1, 0.15) is 6.92 Å². The number of likely N-dealkylation sites (N-methyl/N-ethyl adjacent to an activating group) is 1. The first-order valence-electron chi connectivity index (χ1n) is 3.51. The highest BCUT2D eigenvalue weighted by Crippen LogP contribution is 1.91. The van der Waals surface area contributed by atoms with E-state index >= 15 is 0 Å². The number of rotatable bonds is 4. The fourth-order valence-electron chi connectivity index (χ4n) is 0.444. The molecule has 3 nitrogen and oxygen atoms in total. The molecule has 0 amide bonds. The van der Waals surface area contributed by atoms with E-state index in [1.807, 2.05) is 19.0 Å². The summed E-state index contributed by atoms with van der Waals surface area (Å²) in [5.41, 5.74) is 0.448. The average Bonchev–Trinajstić information content (AvgIpc) is 1.86. The molecule has 0 atom stereocenters. The second kappa shape index (κ2) is 7.06. The SMILES string of the molecule is C=C(C)C(=O)OCCN(C)C.[Si]. The summed E-state index contributed by atoms with van der Waals surface area (Å²) in [5, 5.41) is 0. The number of esters is 1. The Labute approximate surface area is 78.4 Å². The molecule has 0 aliphatic heterocycles. The van der Waals surface area contributed by atoms with Gasteiger partial charge >= 0.3 is 5.97 Å². The molecule has 0 saturated carbocycles. The summed E-state index contributed by atoms with van der Waals surface area (Å²) in [5.74, 6) is -0.313. The Kier molecular flexibility index (Phi) is 8.20. The van der Waals surface area contributed by atoms with Crippen molar-refractivity contribution in [1.82, 2.24) is 4.90 Å². The lowest BCUT2D eigenvalue weighted by Crippen LogP contribution is -2.20. The molecule has 68 valence electrons. The van der Waals surface area contributed by atoms with E-state index in [4.69, 9.17) is 4.74 Å². The van der Waals surface area contributed by atoms with Gasteiger partial charge in [0.2, 0.25) is 0 Å². The van der Waals surface area contributed by atoms with Crippen LogP contribution in [0, 0.1) is 0 Å². The van der Waals surface area contributed by atoms with Crippen LogP contribution in [-0.4, -0.2) is 49.1 Å². The van der Waals surface area contributed by atoms with Crippen LogP contribution >= 0.6 is 0 Å². The van der Waals surface area contributed by atoms with E-state index in [-0.39, 0.29) is 16.9 Å². The summed E-state index contributed by atoms with van der Waals surface area (Å²) in [6.45, 7) is 6.28. The Morgan fingerprint density at radius 2 is 2.00 bits per heavy atom. The van der Waals surface area contributed by atoms with E-state index < -0.39 is 0 Å². The monoisotopic (exact) mass is 185 g/mol. The molecule has 0 bridgehead atoms. The molecule has 0 aliphatic rings. The first-order valence-corrected chi connectivity index (χ1v) is 3.51. The first kappa shape index (κ1) is 13.9. The highest BCUT2D eigenvalue weighted by atomic mass is 28.1. The molecule has 0 aromatic rings. The summed E-state index contributed by atoms with van der Waals surface area (Å²) in [7, 11) is 3.85. The van der Waals surface area contributed by atoms with Crippen LogP contribution in [0.4, 0.5) is 0 Å². The number of hydrogen-bond acceptors (Lipinski definition) is 3. The van der Waals surface area contributed by atoms with Crippen LogP contribution < -0.4 is 0 Å². The molecule has 0 unspecified atom stereocenters. The van der Waals surface area contributed by atoms with Crippen LogP contribution in [0.25, 0.3) is 0 Å². The summed E-state index contributed by atoms with van der Waals surface area (Å²) in [6.07, 6.45) is 0. The molecular formula is C8H15NO2Si. The number of ether oxygens (including phenoxy) is 1. The van der Waals surface area contributed by atoms with E-state index in [1.54, 1.807) is 6.92 Å². The van der Waals surface area contributed by atoms with Crippen molar-refractivity contribution < 1.29 is 9.53 Å². The lowest BCUT2D eigenvalue weighted by molar-refractivity contribution is -0.139. The number of hydrogen-bond donors (Lipinski definition) is 0. The van der Waals surface area contributed by atoms with E-state index in [0.717, 1.165) is 6.54 Å². The average molecular weight is 185 g/mol. The molecule has 0 heterocycles. The Hall–Kier alpha value is -0.613. The van der Waals surface area contributed by atoms with Gasteiger partial charge in [-0.25, -0.2) is 4.79 Å². The Morgan fingerprint density at radius 3 is 2.33 bits per heavy atom. The molecule has 0 rings (SSSR count). The zero-order valence-corrected chi connectivity index (χ0v) is 8.89. The molecule has 0 spiro atoms. The highest BCUT2D eigenvalue weighted by molar-refractivity contribution is 5.86. The van der Waals surface area contributed by atoms with Crippen molar-refractivity contribution in [2.75, 3.05) is 27.2 Å². The van der Waals surface area contributed by atoms with Crippen molar-refractivity contribution in [2.24, 2.45) is 0 Å². The minimum absolute atomic E-state index is 0. The van der Waals surface area contributed by atoms with Crippen molar-refractivity contribution in [1.29, 1.82) is 0 Å². The van der Waals surface area contributed by atoms with Gasteiger partial charge in [-0.2, -0.15) is 0 Å². The summed E-state index contributed by atoms with van der Waals surface area (Å²) in [4.78, 5) is 12.7. The Balaban J connectivity index is 0. The van der Waals surface area contributed by atoms with Crippen molar-refractivity contribution >= 4 is 16.9 Å². The van der Waals surface area contributed by atoms with Crippen molar-refractivity contribution in [3.8, 4) is 0 Å². The quantitative estimate of drug-likeness (QED) is 0.358. The van der Waals surface area contributed by atoms with Crippen molar-refractivity contribution in [3.05, 3.63) is 12.2 Å². The van der Waals surface area contributed by atoms with Gasteiger partial charge in [0.15, 0.2) is 0 Å². The van der Waals surface area contributed by atoms with Gasteiger partial charge < -0.3 is 9.64 Å². The molecule has 0 aromatic carbocycles. The third kappa shape index (κ3) is 7.49. The van der Waals surface area contributed by atoms with Crippen LogP contribution in [-0.2, 0) is 9.53 Å². The Bertz CT molecular complexity index is 157. The van der Waals surface area contributed by atoms with Crippen molar-refractivity contribution in [3.63, 3.8) is 0 Å². The van der Waals surface area contributed by atoms with Gasteiger partial charge in [0.05, 0.1) is 0 Å². The van der Waals surface area contributed by atoms with Gasteiger partial charge in [0, 0.05) is 23.1 Å². The molecule has 4 radical (unpaired) electrons. The van der Waals surface area contributed by atoms with E-state index in [0.29, 0.717) is 12.2 Å². The standard InChI is InChI=1S/C8H15NO2.Si/c1-7(2)8(10)11-6-5-9(3)4;/h1,5-6H2,2-4H3;. The molecule has 12 heavy (non-hydrogen) atoms. The van der Waals surface area contributed by atoms with Gasteiger partial charge in [-0.3, -0.25) is 0 Å². The summed E-state index contributed by atoms with van der Waals surface area (Å²) < 4.78 is 4.83. The molecule has 0 aromatic heterocycles. The lowest BCUT2D eigenvalue weighted by Gasteiger charge is -2.09. The molecule has 4 heteroatoms.